The highest BCUT2D eigenvalue weighted by Crippen LogP contribution is 2.44. The van der Waals surface area contributed by atoms with Gasteiger partial charge in [-0.15, -0.1) is 0 Å². The Morgan fingerprint density at radius 2 is 1.68 bits per heavy atom. The molecule has 0 radical (unpaired) electrons. The number of alkyl carbamates (subject to hydrolysis) is 1. The minimum atomic E-state index is -1.01. The quantitative estimate of drug-likeness (QED) is 0.535. The van der Waals surface area contributed by atoms with Gasteiger partial charge in [0.15, 0.2) is 0 Å². The SMILES string of the molecule is CCC[C@@H](NC(=O)[C@@H]1CCC[C@H](NC(=O)OCC2c3ccccc3-c3ccccc32)C1)C(=O)O. The molecule has 2 amide bonds. The van der Waals surface area contributed by atoms with E-state index in [-0.39, 0.29) is 30.4 Å². The molecular weight excluding hydrogens is 432 g/mol. The Labute approximate surface area is 199 Å². The van der Waals surface area contributed by atoms with E-state index in [4.69, 9.17) is 4.74 Å². The zero-order chi connectivity index (χ0) is 24.1. The number of hydrogen-bond donors (Lipinski definition) is 3. The second-order valence-corrected chi connectivity index (χ2v) is 9.22. The van der Waals surface area contributed by atoms with E-state index in [0.29, 0.717) is 25.7 Å². The van der Waals surface area contributed by atoms with Crippen LogP contribution in [0, 0.1) is 5.92 Å². The van der Waals surface area contributed by atoms with Crippen molar-refractivity contribution in [3.05, 3.63) is 59.7 Å². The number of rotatable bonds is 8. The van der Waals surface area contributed by atoms with Gasteiger partial charge in [0.2, 0.25) is 5.91 Å². The number of ether oxygens (including phenoxy) is 1. The second-order valence-electron chi connectivity index (χ2n) is 9.22. The lowest BCUT2D eigenvalue weighted by atomic mass is 9.85. The molecule has 1 fully saturated rings. The van der Waals surface area contributed by atoms with Gasteiger partial charge in [0, 0.05) is 17.9 Å². The van der Waals surface area contributed by atoms with Gasteiger partial charge in [-0.1, -0.05) is 68.3 Å². The normalized spacial score (nSPS) is 20.0. The smallest absolute Gasteiger partial charge is 0.407 e. The van der Waals surface area contributed by atoms with Gasteiger partial charge in [-0.2, -0.15) is 0 Å². The topological polar surface area (TPSA) is 105 Å². The van der Waals surface area contributed by atoms with Crippen LogP contribution in [-0.4, -0.2) is 41.8 Å². The van der Waals surface area contributed by atoms with Crippen LogP contribution < -0.4 is 10.6 Å². The van der Waals surface area contributed by atoms with E-state index in [1.54, 1.807) is 0 Å². The molecular formula is C27H32N2O5. The van der Waals surface area contributed by atoms with Crippen LogP contribution in [0.25, 0.3) is 11.1 Å². The highest BCUT2D eigenvalue weighted by Gasteiger charge is 2.32. The highest BCUT2D eigenvalue weighted by atomic mass is 16.5. The maximum Gasteiger partial charge on any atom is 0.407 e. The lowest BCUT2D eigenvalue weighted by Gasteiger charge is -2.29. The molecule has 2 aliphatic rings. The van der Waals surface area contributed by atoms with Crippen molar-refractivity contribution in [3.63, 3.8) is 0 Å². The molecule has 0 aromatic heterocycles. The van der Waals surface area contributed by atoms with E-state index in [2.05, 4.69) is 34.9 Å². The monoisotopic (exact) mass is 464 g/mol. The highest BCUT2D eigenvalue weighted by molar-refractivity contribution is 5.85. The molecule has 3 N–H and O–H groups in total. The summed E-state index contributed by atoms with van der Waals surface area (Å²) in [5, 5.41) is 14.9. The summed E-state index contributed by atoms with van der Waals surface area (Å²) in [7, 11) is 0. The van der Waals surface area contributed by atoms with Gasteiger partial charge in [0.25, 0.3) is 0 Å². The standard InChI is InChI=1S/C27H32N2O5/c1-2-8-24(26(31)32)29-25(30)17-9-7-10-18(15-17)28-27(33)34-16-23-21-13-5-3-11-19(21)20-12-4-6-14-22(20)23/h3-6,11-14,17-18,23-24H,2,7-10,15-16H2,1H3,(H,28,33)(H,29,30)(H,31,32)/t17-,18+,24-/m1/s1. The lowest BCUT2D eigenvalue weighted by Crippen LogP contribution is -2.47. The number of hydrogen-bond acceptors (Lipinski definition) is 4. The third-order valence-corrected chi connectivity index (χ3v) is 6.90. The molecule has 3 atom stereocenters. The molecule has 1 saturated carbocycles. The minimum Gasteiger partial charge on any atom is -0.480 e. The Morgan fingerprint density at radius 1 is 1.03 bits per heavy atom. The van der Waals surface area contributed by atoms with Crippen LogP contribution in [-0.2, 0) is 14.3 Å². The number of benzene rings is 2. The molecule has 2 aromatic rings. The van der Waals surface area contributed by atoms with Crippen LogP contribution >= 0.6 is 0 Å². The first kappa shape index (κ1) is 23.8. The van der Waals surface area contributed by atoms with Crippen LogP contribution in [0.2, 0.25) is 0 Å². The molecule has 2 aliphatic carbocycles. The molecule has 0 bridgehead atoms. The Hall–Kier alpha value is -3.35. The fraction of sp³-hybridized carbons (Fsp3) is 0.444. The number of amides is 2. The predicted molar refractivity (Wildman–Crippen MR) is 128 cm³/mol. The summed E-state index contributed by atoms with van der Waals surface area (Å²) in [6, 6.07) is 15.3. The van der Waals surface area contributed by atoms with Crippen molar-refractivity contribution < 1.29 is 24.2 Å². The molecule has 0 saturated heterocycles. The zero-order valence-corrected chi connectivity index (χ0v) is 19.5. The maximum absolute atomic E-state index is 12.6. The van der Waals surface area contributed by atoms with Crippen molar-refractivity contribution in [2.75, 3.05) is 6.61 Å². The van der Waals surface area contributed by atoms with Crippen molar-refractivity contribution >= 4 is 18.0 Å². The van der Waals surface area contributed by atoms with Crippen LogP contribution in [0.1, 0.15) is 62.5 Å². The molecule has 34 heavy (non-hydrogen) atoms. The molecule has 180 valence electrons. The zero-order valence-electron chi connectivity index (χ0n) is 19.5. The lowest BCUT2D eigenvalue weighted by molar-refractivity contribution is -0.142. The summed E-state index contributed by atoms with van der Waals surface area (Å²) >= 11 is 0. The number of carboxylic acids is 1. The molecule has 2 aromatic carbocycles. The number of fused-ring (bicyclic) bond motifs is 3. The number of aliphatic carboxylic acids is 1. The Kier molecular flexibility index (Phi) is 7.50. The average molecular weight is 465 g/mol. The summed E-state index contributed by atoms with van der Waals surface area (Å²) in [4.78, 5) is 36.6. The van der Waals surface area contributed by atoms with Gasteiger partial charge in [-0.3, -0.25) is 4.79 Å². The van der Waals surface area contributed by atoms with Crippen molar-refractivity contribution in [2.45, 2.75) is 63.5 Å². The van der Waals surface area contributed by atoms with Crippen LogP contribution in [0.3, 0.4) is 0 Å². The van der Waals surface area contributed by atoms with Gasteiger partial charge < -0.3 is 20.5 Å². The Bertz CT molecular complexity index is 1010. The second kappa shape index (κ2) is 10.7. The molecule has 4 rings (SSSR count). The maximum atomic E-state index is 12.6. The number of carbonyl (C=O) groups excluding carboxylic acids is 2. The number of nitrogens with one attached hydrogen (secondary N) is 2. The van der Waals surface area contributed by atoms with Gasteiger partial charge in [-0.05, 0) is 47.9 Å². The number of carboxylic acid groups (broad SMARTS) is 1. The van der Waals surface area contributed by atoms with Gasteiger partial charge in [0.05, 0.1) is 0 Å². The first-order valence-corrected chi connectivity index (χ1v) is 12.1. The van der Waals surface area contributed by atoms with Crippen molar-refractivity contribution in [2.24, 2.45) is 5.92 Å². The molecule has 0 heterocycles. The predicted octanol–water partition coefficient (Wildman–Crippen LogP) is 4.45. The summed E-state index contributed by atoms with van der Waals surface area (Å²) < 4.78 is 5.64. The first-order chi connectivity index (χ1) is 16.5. The van der Waals surface area contributed by atoms with Gasteiger partial charge in [-0.25, -0.2) is 9.59 Å². The van der Waals surface area contributed by atoms with Crippen molar-refractivity contribution in [3.8, 4) is 11.1 Å². The van der Waals surface area contributed by atoms with E-state index in [0.717, 1.165) is 24.0 Å². The Morgan fingerprint density at radius 3 is 2.29 bits per heavy atom. The largest absolute Gasteiger partial charge is 0.480 e. The summed E-state index contributed by atoms with van der Waals surface area (Å²) in [5.41, 5.74) is 4.67. The van der Waals surface area contributed by atoms with Crippen LogP contribution in [0.5, 0.6) is 0 Å². The average Bonchev–Trinajstić information content (AvgIpc) is 3.16. The van der Waals surface area contributed by atoms with Crippen LogP contribution in [0.15, 0.2) is 48.5 Å². The molecule has 7 nitrogen and oxygen atoms in total. The molecule has 0 spiro atoms. The van der Waals surface area contributed by atoms with E-state index >= 15 is 0 Å². The van der Waals surface area contributed by atoms with Crippen LogP contribution in [0.4, 0.5) is 4.79 Å². The van der Waals surface area contributed by atoms with Gasteiger partial charge in [0.1, 0.15) is 12.6 Å². The molecule has 0 aliphatic heterocycles. The molecule has 7 heteroatoms. The summed E-state index contributed by atoms with van der Waals surface area (Å²) in [5.74, 6) is -1.58. The van der Waals surface area contributed by atoms with E-state index < -0.39 is 18.1 Å². The van der Waals surface area contributed by atoms with E-state index in [1.165, 1.54) is 11.1 Å². The molecule has 0 unspecified atom stereocenters. The number of carbonyl (C=O) groups is 3. The van der Waals surface area contributed by atoms with E-state index in [9.17, 15) is 19.5 Å². The fourth-order valence-electron chi connectivity index (χ4n) is 5.20. The third kappa shape index (κ3) is 5.24. The first-order valence-electron chi connectivity index (χ1n) is 12.1. The Balaban J connectivity index is 1.31. The summed E-state index contributed by atoms with van der Waals surface area (Å²) in [6.07, 6.45) is 3.32. The van der Waals surface area contributed by atoms with Crippen molar-refractivity contribution in [1.82, 2.24) is 10.6 Å². The third-order valence-electron chi connectivity index (χ3n) is 6.90. The summed E-state index contributed by atoms with van der Waals surface area (Å²) in [6.45, 7) is 2.13. The minimum absolute atomic E-state index is 0.00505. The fourth-order valence-corrected chi connectivity index (χ4v) is 5.20. The van der Waals surface area contributed by atoms with Gasteiger partial charge >= 0.3 is 12.1 Å². The van der Waals surface area contributed by atoms with E-state index in [1.807, 2.05) is 31.2 Å². The van der Waals surface area contributed by atoms with Crippen molar-refractivity contribution in [1.29, 1.82) is 0 Å².